The van der Waals surface area contributed by atoms with Crippen LogP contribution < -0.4 is 5.32 Å². The van der Waals surface area contributed by atoms with E-state index in [0.717, 1.165) is 0 Å². The number of benzene rings is 1. The van der Waals surface area contributed by atoms with Gasteiger partial charge in [-0.25, -0.2) is 4.79 Å². The molecule has 0 spiro atoms. The molecule has 1 heterocycles. The van der Waals surface area contributed by atoms with Crippen LogP contribution in [0.25, 0.3) is 0 Å². The Morgan fingerprint density at radius 1 is 1.33 bits per heavy atom. The number of hydrogen-bond acceptors (Lipinski definition) is 4. The van der Waals surface area contributed by atoms with Crippen molar-refractivity contribution in [1.82, 2.24) is 5.32 Å². The molecular formula is C9H10ClNO4. The van der Waals surface area contributed by atoms with Gasteiger partial charge in [-0.2, -0.15) is 0 Å². The molecule has 0 aromatic heterocycles. The molecule has 0 aliphatic carbocycles. The second-order valence-corrected chi connectivity index (χ2v) is 3.04. The van der Waals surface area contributed by atoms with Gasteiger partial charge in [0.15, 0.2) is 11.5 Å². The third kappa shape index (κ3) is 2.24. The van der Waals surface area contributed by atoms with E-state index in [-0.39, 0.29) is 36.6 Å². The minimum Gasteiger partial charge on any atom is -0.504 e. The molecule has 3 N–H and O–H groups in total. The number of phenolic OH excluding ortho intramolecular Hbond substituents is 2. The third-order valence-electron chi connectivity index (χ3n) is 2.08. The molecule has 1 saturated heterocycles. The van der Waals surface area contributed by atoms with Gasteiger partial charge in [-0.05, 0) is 17.7 Å². The van der Waals surface area contributed by atoms with Gasteiger partial charge in [-0.15, -0.1) is 12.4 Å². The molecule has 6 heteroatoms. The highest BCUT2D eigenvalue weighted by molar-refractivity contribution is 5.85. The van der Waals surface area contributed by atoms with Crippen molar-refractivity contribution < 1.29 is 19.7 Å². The summed E-state index contributed by atoms with van der Waals surface area (Å²) >= 11 is 0. The van der Waals surface area contributed by atoms with Crippen LogP contribution in [0, 0.1) is 0 Å². The number of aromatic hydroxyl groups is 2. The molecule has 1 atom stereocenters. The fourth-order valence-electron chi connectivity index (χ4n) is 1.32. The quantitative estimate of drug-likeness (QED) is 0.637. The van der Waals surface area contributed by atoms with Gasteiger partial charge in [0.25, 0.3) is 0 Å². The van der Waals surface area contributed by atoms with E-state index >= 15 is 0 Å². The number of carbonyl (C=O) groups excluding carboxylic acids is 1. The van der Waals surface area contributed by atoms with Crippen LogP contribution in [0.5, 0.6) is 11.5 Å². The lowest BCUT2D eigenvalue weighted by molar-refractivity contribution is 0.177. The van der Waals surface area contributed by atoms with Crippen LogP contribution in [0.1, 0.15) is 11.6 Å². The molecule has 1 aliphatic heterocycles. The number of halogens is 1. The van der Waals surface area contributed by atoms with E-state index in [4.69, 9.17) is 9.84 Å². The van der Waals surface area contributed by atoms with E-state index in [1.54, 1.807) is 6.07 Å². The van der Waals surface area contributed by atoms with Crippen molar-refractivity contribution in [3.8, 4) is 11.5 Å². The van der Waals surface area contributed by atoms with Gasteiger partial charge in [0, 0.05) is 0 Å². The summed E-state index contributed by atoms with van der Waals surface area (Å²) in [6.07, 6.45) is -0.470. The van der Waals surface area contributed by atoms with E-state index in [2.05, 4.69) is 5.32 Å². The van der Waals surface area contributed by atoms with Crippen LogP contribution in [0.15, 0.2) is 18.2 Å². The van der Waals surface area contributed by atoms with Crippen molar-refractivity contribution in [3.05, 3.63) is 23.8 Å². The van der Waals surface area contributed by atoms with Crippen LogP contribution in [-0.2, 0) is 4.74 Å². The molecule has 1 aromatic carbocycles. The molecule has 82 valence electrons. The maximum Gasteiger partial charge on any atom is 0.407 e. The van der Waals surface area contributed by atoms with E-state index in [9.17, 15) is 9.90 Å². The molecule has 0 radical (unpaired) electrons. The van der Waals surface area contributed by atoms with Crippen LogP contribution in [0.2, 0.25) is 0 Å². The molecule has 0 bridgehead atoms. The number of rotatable bonds is 1. The minimum atomic E-state index is -0.470. The van der Waals surface area contributed by atoms with Crippen LogP contribution in [0.4, 0.5) is 4.79 Å². The maximum atomic E-state index is 10.7. The summed E-state index contributed by atoms with van der Waals surface area (Å²) in [6.45, 7) is 0.239. The van der Waals surface area contributed by atoms with Crippen molar-refractivity contribution in [1.29, 1.82) is 0 Å². The second-order valence-electron chi connectivity index (χ2n) is 3.04. The van der Waals surface area contributed by atoms with Gasteiger partial charge < -0.3 is 20.3 Å². The SMILES string of the molecule is Cl.O=C1N[C@H](c2ccc(O)c(O)c2)CO1. The first-order chi connectivity index (χ1) is 6.66. The van der Waals surface area contributed by atoms with E-state index in [0.29, 0.717) is 5.56 Å². The number of carbonyl (C=O) groups is 1. The molecule has 15 heavy (non-hydrogen) atoms. The molecule has 1 aromatic rings. The smallest absolute Gasteiger partial charge is 0.407 e. The van der Waals surface area contributed by atoms with E-state index < -0.39 is 6.09 Å². The molecule has 5 nitrogen and oxygen atoms in total. The van der Waals surface area contributed by atoms with E-state index in [1.807, 2.05) is 0 Å². The fourth-order valence-corrected chi connectivity index (χ4v) is 1.32. The Morgan fingerprint density at radius 3 is 2.60 bits per heavy atom. The predicted octanol–water partition coefficient (Wildman–Crippen LogP) is 1.30. The average molecular weight is 232 g/mol. The highest BCUT2D eigenvalue weighted by Crippen LogP contribution is 2.28. The Bertz CT molecular complexity index is 382. The molecule has 1 amide bonds. The first kappa shape index (κ1) is 11.5. The molecule has 0 unspecified atom stereocenters. The Balaban J connectivity index is 0.00000112. The van der Waals surface area contributed by atoms with Gasteiger partial charge in [-0.3, -0.25) is 0 Å². The number of alkyl carbamates (subject to hydrolysis) is 1. The van der Waals surface area contributed by atoms with Gasteiger partial charge in [-0.1, -0.05) is 6.07 Å². The predicted molar refractivity (Wildman–Crippen MR) is 54.2 cm³/mol. The van der Waals surface area contributed by atoms with Crippen LogP contribution >= 0.6 is 12.4 Å². The molecular weight excluding hydrogens is 222 g/mol. The Morgan fingerprint density at radius 2 is 2.07 bits per heavy atom. The molecule has 1 fully saturated rings. The van der Waals surface area contributed by atoms with Gasteiger partial charge in [0.05, 0.1) is 6.04 Å². The van der Waals surface area contributed by atoms with Crippen molar-refractivity contribution >= 4 is 18.5 Å². The minimum absolute atomic E-state index is 0. The van der Waals surface area contributed by atoms with Gasteiger partial charge in [0.1, 0.15) is 6.61 Å². The first-order valence-corrected chi connectivity index (χ1v) is 4.12. The molecule has 0 saturated carbocycles. The molecule has 1 aliphatic rings. The monoisotopic (exact) mass is 231 g/mol. The Labute approximate surface area is 92.1 Å². The normalized spacial score (nSPS) is 18.9. The lowest BCUT2D eigenvalue weighted by Gasteiger charge is -2.08. The highest BCUT2D eigenvalue weighted by atomic mass is 35.5. The number of hydrogen-bond donors (Lipinski definition) is 3. The molecule has 2 rings (SSSR count). The van der Waals surface area contributed by atoms with Gasteiger partial charge >= 0.3 is 6.09 Å². The number of phenols is 2. The zero-order chi connectivity index (χ0) is 10.1. The summed E-state index contributed by atoms with van der Waals surface area (Å²) in [7, 11) is 0. The summed E-state index contributed by atoms with van der Waals surface area (Å²) in [5.41, 5.74) is 0.700. The topological polar surface area (TPSA) is 78.8 Å². The third-order valence-corrected chi connectivity index (χ3v) is 2.08. The summed E-state index contributed by atoms with van der Waals surface area (Å²) < 4.78 is 4.70. The zero-order valence-electron chi connectivity index (χ0n) is 7.64. The first-order valence-electron chi connectivity index (χ1n) is 4.12. The standard InChI is InChI=1S/C9H9NO4.ClH/c11-7-2-1-5(3-8(7)12)6-4-14-9(13)10-6;/h1-3,6,11-12H,4H2,(H,10,13);1H/t6-;/m0./s1. The second kappa shape index (κ2) is 4.27. The summed E-state index contributed by atoms with van der Waals surface area (Å²) in [5.74, 6) is -0.386. The number of cyclic esters (lactones) is 1. The van der Waals surface area contributed by atoms with Crippen molar-refractivity contribution in [2.45, 2.75) is 6.04 Å². The van der Waals surface area contributed by atoms with Crippen molar-refractivity contribution in [3.63, 3.8) is 0 Å². The number of nitrogens with one attached hydrogen (secondary N) is 1. The fraction of sp³-hybridized carbons (Fsp3) is 0.222. The lowest BCUT2D eigenvalue weighted by Crippen LogP contribution is -2.18. The number of ether oxygens (including phenoxy) is 1. The van der Waals surface area contributed by atoms with E-state index in [1.165, 1.54) is 12.1 Å². The Hall–Kier alpha value is -1.62. The summed E-state index contributed by atoms with van der Waals surface area (Å²) in [6, 6.07) is 4.13. The number of amides is 1. The maximum absolute atomic E-state index is 10.7. The average Bonchev–Trinajstić information content (AvgIpc) is 2.57. The van der Waals surface area contributed by atoms with Crippen molar-refractivity contribution in [2.24, 2.45) is 0 Å². The van der Waals surface area contributed by atoms with Crippen molar-refractivity contribution in [2.75, 3.05) is 6.61 Å². The Kier molecular flexibility index (Phi) is 3.26. The zero-order valence-corrected chi connectivity index (χ0v) is 8.45. The largest absolute Gasteiger partial charge is 0.504 e. The lowest BCUT2D eigenvalue weighted by atomic mass is 10.1. The van der Waals surface area contributed by atoms with Crippen LogP contribution in [0.3, 0.4) is 0 Å². The summed E-state index contributed by atoms with van der Waals surface area (Å²) in [4.78, 5) is 10.7. The van der Waals surface area contributed by atoms with Crippen LogP contribution in [-0.4, -0.2) is 22.9 Å². The van der Waals surface area contributed by atoms with Gasteiger partial charge in [0.2, 0.25) is 0 Å². The highest BCUT2D eigenvalue weighted by Gasteiger charge is 2.24. The summed E-state index contributed by atoms with van der Waals surface area (Å²) in [5, 5.41) is 20.9.